The molecule has 0 aliphatic heterocycles. The fraction of sp³-hybridized carbons (Fsp3) is 1.00. The molecule has 0 aliphatic rings. The van der Waals surface area contributed by atoms with Crippen LogP contribution in [0.25, 0.3) is 0 Å². The average molecular weight is 507 g/mol. The molecule has 0 aromatic heterocycles. The zero-order chi connectivity index (χ0) is 20.7. The Morgan fingerprint density at radius 2 is 1.07 bits per heavy atom. The van der Waals surface area contributed by atoms with Crippen LogP contribution in [-0.4, -0.2) is 70.7 Å². The molecule has 0 radical (unpaired) electrons. The van der Waals surface area contributed by atoms with Crippen molar-refractivity contribution in [3.63, 3.8) is 0 Å². The lowest BCUT2D eigenvalue weighted by atomic mass is 10.4. The molecule has 10 heteroatoms. The van der Waals surface area contributed by atoms with Crippen molar-refractivity contribution in [2.24, 2.45) is 0 Å². The molecule has 0 fully saturated rings. The Labute approximate surface area is 193 Å². The molecule has 0 heterocycles. The first-order chi connectivity index (χ1) is 13.8. The molecule has 0 aromatic carbocycles. The first kappa shape index (κ1) is 29.7. The minimum atomic E-state index is -0.409. The van der Waals surface area contributed by atoms with Crippen LogP contribution in [0.3, 0.4) is 0 Å². The number of ether oxygens (including phenoxy) is 2. The Balaban J connectivity index is 3.52. The van der Waals surface area contributed by atoms with Crippen LogP contribution in [0, 0.1) is 0 Å². The molecule has 0 aromatic rings. The van der Waals surface area contributed by atoms with E-state index in [0.29, 0.717) is 0 Å². The summed E-state index contributed by atoms with van der Waals surface area (Å²) >= 11 is 0. The van der Waals surface area contributed by atoms with Crippen LogP contribution >= 0.6 is 41.2 Å². The van der Waals surface area contributed by atoms with Gasteiger partial charge in [-0.3, -0.25) is 0 Å². The maximum Gasteiger partial charge on any atom is 0.165 e. The molecule has 170 valence electrons. The summed E-state index contributed by atoms with van der Waals surface area (Å²) in [6, 6.07) is 0. The van der Waals surface area contributed by atoms with Crippen molar-refractivity contribution < 1.29 is 18.3 Å². The Morgan fingerprint density at radius 1 is 0.643 bits per heavy atom. The van der Waals surface area contributed by atoms with Crippen molar-refractivity contribution in [3.05, 3.63) is 0 Å². The molecule has 4 nitrogen and oxygen atoms in total. The largest absolute Gasteiger partial charge is 0.424 e. The summed E-state index contributed by atoms with van der Waals surface area (Å²) in [7, 11) is 7.06. The zero-order valence-electron chi connectivity index (χ0n) is 18.3. The van der Waals surface area contributed by atoms with Gasteiger partial charge in [-0.1, -0.05) is 48.3 Å². The van der Waals surface area contributed by atoms with Crippen molar-refractivity contribution in [1.29, 1.82) is 0 Å². The molecule has 0 saturated heterocycles. The van der Waals surface area contributed by atoms with E-state index in [4.69, 9.17) is 18.3 Å². The van der Waals surface area contributed by atoms with Crippen molar-refractivity contribution >= 4 is 60.8 Å². The summed E-state index contributed by atoms with van der Waals surface area (Å²) in [6.45, 7) is 13.7. The van der Waals surface area contributed by atoms with E-state index in [1.807, 2.05) is 55.1 Å². The van der Waals surface area contributed by atoms with E-state index in [9.17, 15) is 0 Å². The topological polar surface area (TPSA) is 36.9 Å². The third kappa shape index (κ3) is 20.9. The van der Waals surface area contributed by atoms with Crippen LogP contribution in [-0.2, 0) is 18.3 Å². The molecule has 0 rings (SSSR count). The van der Waals surface area contributed by atoms with E-state index in [1.54, 1.807) is 0 Å². The SMILES string of the molecule is CCOCCCO[SiH2]C(CC)CSSSSCC(CC)[SiH2]OCCCOCC. The van der Waals surface area contributed by atoms with Crippen LogP contribution in [0.1, 0.15) is 53.4 Å². The monoisotopic (exact) mass is 506 g/mol. The fourth-order valence-electron chi connectivity index (χ4n) is 2.17. The van der Waals surface area contributed by atoms with Crippen LogP contribution in [0.2, 0.25) is 11.1 Å². The molecule has 0 bridgehead atoms. The van der Waals surface area contributed by atoms with Gasteiger partial charge in [-0.25, -0.2) is 0 Å². The lowest BCUT2D eigenvalue weighted by Crippen LogP contribution is -2.11. The van der Waals surface area contributed by atoms with Crippen LogP contribution in [0.5, 0.6) is 0 Å². The normalized spacial score (nSPS) is 14.6. The van der Waals surface area contributed by atoms with Gasteiger partial charge in [0.15, 0.2) is 19.5 Å². The molecule has 2 atom stereocenters. The molecule has 0 saturated carbocycles. The van der Waals surface area contributed by atoms with Gasteiger partial charge in [-0.05, 0) is 57.4 Å². The second kappa shape index (κ2) is 24.9. The van der Waals surface area contributed by atoms with Crippen molar-refractivity contribution in [1.82, 2.24) is 0 Å². The molecule has 2 unspecified atom stereocenters. The molecule has 0 spiro atoms. The first-order valence-corrected chi connectivity index (χ1v) is 18.6. The van der Waals surface area contributed by atoms with Crippen LogP contribution in [0.15, 0.2) is 0 Å². The van der Waals surface area contributed by atoms with E-state index in [-0.39, 0.29) is 0 Å². The standard InChI is InChI=1S/C18H42O4S4Si2/c1-5-17(27-21-13-9-11-19-7-3)15-23-25-26-24-16-18(6-2)28-22-14-10-12-20-8-4/h17-18H,5-16,27-28H2,1-4H3. The molecular weight excluding hydrogens is 465 g/mol. The van der Waals surface area contributed by atoms with Gasteiger partial charge in [0.1, 0.15) is 0 Å². The Kier molecular flexibility index (Phi) is 26.4. The van der Waals surface area contributed by atoms with Gasteiger partial charge in [0.25, 0.3) is 0 Å². The predicted molar refractivity (Wildman–Crippen MR) is 139 cm³/mol. The summed E-state index contributed by atoms with van der Waals surface area (Å²) < 4.78 is 22.6. The first-order valence-electron chi connectivity index (χ1n) is 10.7. The zero-order valence-corrected chi connectivity index (χ0v) is 24.4. The summed E-state index contributed by atoms with van der Waals surface area (Å²) in [5.74, 6) is 2.45. The minimum Gasteiger partial charge on any atom is -0.424 e. The Bertz CT molecular complexity index is 283. The lowest BCUT2D eigenvalue weighted by molar-refractivity contribution is 0.131. The highest BCUT2D eigenvalue weighted by Gasteiger charge is 2.10. The smallest absolute Gasteiger partial charge is 0.165 e. The quantitative estimate of drug-likeness (QED) is 0.107. The summed E-state index contributed by atoms with van der Waals surface area (Å²) in [5.41, 5.74) is 1.58. The fourth-order valence-corrected chi connectivity index (χ4v) is 13.1. The van der Waals surface area contributed by atoms with E-state index in [1.165, 1.54) is 24.3 Å². The van der Waals surface area contributed by atoms with Crippen molar-refractivity contribution in [3.8, 4) is 0 Å². The van der Waals surface area contributed by atoms with Gasteiger partial charge in [-0.2, -0.15) is 0 Å². The Morgan fingerprint density at radius 3 is 1.43 bits per heavy atom. The highest BCUT2D eigenvalue weighted by atomic mass is 33.7. The Hall–Kier alpha value is 1.67. The van der Waals surface area contributed by atoms with Gasteiger partial charge < -0.3 is 18.3 Å². The lowest BCUT2D eigenvalue weighted by Gasteiger charge is -2.14. The summed E-state index contributed by atoms with van der Waals surface area (Å²) in [5, 5.41) is 0. The van der Waals surface area contributed by atoms with Gasteiger partial charge in [0, 0.05) is 51.1 Å². The van der Waals surface area contributed by atoms with Gasteiger partial charge in [0.05, 0.1) is 0 Å². The summed E-state index contributed by atoms with van der Waals surface area (Å²) in [6.07, 6.45) is 4.55. The molecule has 0 amide bonds. The highest BCUT2D eigenvalue weighted by molar-refractivity contribution is 9.26. The maximum absolute atomic E-state index is 5.93. The second-order valence-electron chi connectivity index (χ2n) is 6.50. The van der Waals surface area contributed by atoms with E-state index in [0.717, 1.165) is 63.6 Å². The van der Waals surface area contributed by atoms with Crippen LogP contribution in [0.4, 0.5) is 0 Å². The van der Waals surface area contributed by atoms with Crippen molar-refractivity contribution in [2.75, 3.05) is 51.1 Å². The predicted octanol–water partition coefficient (Wildman–Crippen LogP) is 5.12. The molecule has 0 aliphatic carbocycles. The van der Waals surface area contributed by atoms with Crippen LogP contribution < -0.4 is 0 Å². The van der Waals surface area contributed by atoms with E-state index in [2.05, 4.69) is 13.8 Å². The third-order valence-corrected chi connectivity index (χ3v) is 15.5. The average Bonchev–Trinajstić information content (AvgIpc) is 2.72. The highest BCUT2D eigenvalue weighted by Crippen LogP contribution is 2.45. The third-order valence-electron chi connectivity index (χ3n) is 4.16. The molecule has 0 N–H and O–H groups in total. The number of hydrogen-bond acceptors (Lipinski definition) is 8. The van der Waals surface area contributed by atoms with E-state index >= 15 is 0 Å². The van der Waals surface area contributed by atoms with E-state index < -0.39 is 19.5 Å². The van der Waals surface area contributed by atoms with Gasteiger partial charge in [-0.15, -0.1) is 0 Å². The number of rotatable bonds is 23. The maximum atomic E-state index is 5.93. The minimum absolute atomic E-state index is 0.409. The summed E-state index contributed by atoms with van der Waals surface area (Å²) in [4.78, 5) is 0. The van der Waals surface area contributed by atoms with Gasteiger partial charge >= 0.3 is 0 Å². The number of hydrogen-bond donors (Lipinski definition) is 0. The molecule has 28 heavy (non-hydrogen) atoms. The second-order valence-corrected chi connectivity index (χ2v) is 16.4. The van der Waals surface area contributed by atoms with Crippen molar-refractivity contribution in [2.45, 2.75) is 64.5 Å². The van der Waals surface area contributed by atoms with Gasteiger partial charge in [0.2, 0.25) is 0 Å². The molecular formula is C18H42O4S4Si2.